The van der Waals surface area contributed by atoms with E-state index in [-0.39, 0.29) is 5.92 Å². The molecule has 2 N–H and O–H groups in total. The summed E-state index contributed by atoms with van der Waals surface area (Å²) in [5.41, 5.74) is -2.24. The van der Waals surface area contributed by atoms with E-state index in [9.17, 15) is 19.8 Å². The van der Waals surface area contributed by atoms with Gasteiger partial charge >= 0.3 is 11.9 Å². The Hall–Kier alpha value is -1.06. The van der Waals surface area contributed by atoms with Gasteiger partial charge in [-0.1, -0.05) is 117 Å². The highest BCUT2D eigenvalue weighted by Crippen LogP contribution is 2.58. The molecule has 0 saturated heterocycles. The normalized spacial score (nSPS) is 24.3. The van der Waals surface area contributed by atoms with Crippen molar-refractivity contribution in [2.45, 2.75) is 136 Å². The fourth-order valence-corrected chi connectivity index (χ4v) is 5.89. The lowest BCUT2D eigenvalue weighted by molar-refractivity contribution is -0.187. The van der Waals surface area contributed by atoms with Crippen LogP contribution in [0, 0.1) is 16.7 Å². The molecule has 1 rings (SSSR count). The molecule has 2 atom stereocenters. The molecule has 0 bridgehead atoms. The van der Waals surface area contributed by atoms with Gasteiger partial charge in [0.2, 0.25) is 0 Å². The van der Waals surface area contributed by atoms with Crippen LogP contribution >= 0.6 is 0 Å². The third-order valence-corrected chi connectivity index (χ3v) is 7.76. The van der Waals surface area contributed by atoms with Crippen LogP contribution < -0.4 is 0 Å². The van der Waals surface area contributed by atoms with E-state index in [0.29, 0.717) is 19.3 Å². The van der Waals surface area contributed by atoms with E-state index in [4.69, 9.17) is 0 Å². The van der Waals surface area contributed by atoms with Crippen LogP contribution in [-0.2, 0) is 9.59 Å². The number of carboxylic acid groups (broad SMARTS) is 2. The molecule has 1 aliphatic carbocycles. The molecule has 0 heterocycles. The van der Waals surface area contributed by atoms with E-state index >= 15 is 0 Å². The molecular formula is C26H48O4. The maximum absolute atomic E-state index is 12.4. The standard InChI is InChI=1S/C26H48O4/c1-4-5-6-7-8-9-10-11-12-13-14-15-16-19-25(23(27)28)20-17-18-21-26(25,22(2)3)24(29)30/h22H,4-21H2,1-3H3,(H,27,28)(H,29,30). The van der Waals surface area contributed by atoms with Crippen molar-refractivity contribution in [3.05, 3.63) is 0 Å². The molecule has 1 saturated carbocycles. The molecule has 1 fully saturated rings. The molecule has 4 heteroatoms. The van der Waals surface area contributed by atoms with Gasteiger partial charge < -0.3 is 10.2 Å². The van der Waals surface area contributed by atoms with Gasteiger partial charge in [-0.3, -0.25) is 9.59 Å². The predicted octanol–water partition coefficient (Wildman–Crippen LogP) is 7.84. The highest BCUT2D eigenvalue weighted by Gasteiger charge is 2.63. The average Bonchev–Trinajstić information content (AvgIpc) is 2.71. The molecule has 1 aliphatic rings. The van der Waals surface area contributed by atoms with E-state index in [0.717, 1.165) is 32.1 Å². The Morgan fingerprint density at radius 3 is 1.53 bits per heavy atom. The van der Waals surface area contributed by atoms with E-state index in [1.807, 2.05) is 13.8 Å². The van der Waals surface area contributed by atoms with E-state index in [1.165, 1.54) is 64.2 Å². The minimum Gasteiger partial charge on any atom is -0.481 e. The first-order valence-corrected chi connectivity index (χ1v) is 12.8. The van der Waals surface area contributed by atoms with Crippen molar-refractivity contribution in [2.24, 2.45) is 16.7 Å². The SMILES string of the molecule is CCCCCCCCCCCCCCCC1(C(=O)O)CCCCC1(C(=O)O)C(C)C. The fraction of sp³-hybridized carbons (Fsp3) is 0.923. The first-order chi connectivity index (χ1) is 14.3. The molecule has 0 aromatic rings. The molecule has 0 radical (unpaired) electrons. The number of carbonyl (C=O) groups is 2. The summed E-state index contributed by atoms with van der Waals surface area (Å²) >= 11 is 0. The van der Waals surface area contributed by atoms with E-state index in [1.54, 1.807) is 0 Å². The van der Waals surface area contributed by atoms with Gasteiger partial charge in [0.15, 0.2) is 0 Å². The van der Waals surface area contributed by atoms with Crippen LogP contribution in [0.15, 0.2) is 0 Å². The maximum Gasteiger partial charge on any atom is 0.311 e. The summed E-state index contributed by atoms with van der Waals surface area (Å²) in [6, 6.07) is 0. The highest BCUT2D eigenvalue weighted by molar-refractivity contribution is 5.87. The lowest BCUT2D eigenvalue weighted by Gasteiger charge is -2.51. The zero-order valence-electron chi connectivity index (χ0n) is 20.0. The third-order valence-electron chi connectivity index (χ3n) is 7.76. The second-order valence-electron chi connectivity index (χ2n) is 10.0. The Labute approximate surface area is 185 Å². The topological polar surface area (TPSA) is 74.6 Å². The molecule has 4 nitrogen and oxygen atoms in total. The van der Waals surface area contributed by atoms with Crippen LogP contribution in [0.2, 0.25) is 0 Å². The second kappa shape index (κ2) is 14.1. The zero-order valence-corrected chi connectivity index (χ0v) is 20.0. The molecule has 0 amide bonds. The lowest BCUT2D eigenvalue weighted by atomic mass is 9.50. The smallest absolute Gasteiger partial charge is 0.311 e. The minimum absolute atomic E-state index is 0.173. The summed E-state index contributed by atoms with van der Waals surface area (Å²) in [6.07, 6.45) is 19.4. The van der Waals surface area contributed by atoms with Gasteiger partial charge in [0.05, 0.1) is 10.8 Å². The largest absolute Gasteiger partial charge is 0.481 e. The fourth-order valence-electron chi connectivity index (χ4n) is 5.89. The Morgan fingerprint density at radius 1 is 0.700 bits per heavy atom. The summed E-state index contributed by atoms with van der Waals surface area (Å²) in [6.45, 7) is 6.03. The third kappa shape index (κ3) is 6.99. The van der Waals surface area contributed by atoms with Crippen molar-refractivity contribution in [1.29, 1.82) is 0 Å². The predicted molar refractivity (Wildman–Crippen MR) is 124 cm³/mol. The average molecular weight is 425 g/mol. The van der Waals surface area contributed by atoms with Crippen molar-refractivity contribution in [2.75, 3.05) is 0 Å². The maximum atomic E-state index is 12.4. The Morgan fingerprint density at radius 2 is 1.13 bits per heavy atom. The lowest BCUT2D eigenvalue weighted by Crippen LogP contribution is -2.57. The summed E-state index contributed by atoms with van der Waals surface area (Å²) in [5.74, 6) is -1.97. The Bertz CT molecular complexity index is 501. The van der Waals surface area contributed by atoms with Crippen molar-refractivity contribution in [1.82, 2.24) is 0 Å². The molecule has 0 aromatic carbocycles. The van der Waals surface area contributed by atoms with Crippen LogP contribution in [0.3, 0.4) is 0 Å². The van der Waals surface area contributed by atoms with Crippen LogP contribution in [0.5, 0.6) is 0 Å². The second-order valence-corrected chi connectivity index (χ2v) is 10.0. The van der Waals surface area contributed by atoms with Crippen LogP contribution in [0.4, 0.5) is 0 Å². The molecule has 30 heavy (non-hydrogen) atoms. The Balaban J connectivity index is 2.37. The quantitative estimate of drug-likeness (QED) is 0.233. The van der Waals surface area contributed by atoms with Gasteiger partial charge in [-0.25, -0.2) is 0 Å². The summed E-state index contributed by atoms with van der Waals surface area (Å²) in [5, 5.41) is 20.2. The van der Waals surface area contributed by atoms with Crippen molar-refractivity contribution >= 4 is 11.9 Å². The molecule has 0 aromatic heterocycles. The number of unbranched alkanes of at least 4 members (excludes halogenated alkanes) is 12. The van der Waals surface area contributed by atoms with Crippen molar-refractivity contribution < 1.29 is 19.8 Å². The molecule has 0 spiro atoms. The van der Waals surface area contributed by atoms with Crippen LogP contribution in [0.1, 0.15) is 136 Å². The van der Waals surface area contributed by atoms with E-state index < -0.39 is 22.8 Å². The minimum atomic E-state index is -1.13. The van der Waals surface area contributed by atoms with Crippen molar-refractivity contribution in [3.63, 3.8) is 0 Å². The number of carboxylic acids is 2. The number of hydrogen-bond acceptors (Lipinski definition) is 2. The number of rotatable bonds is 17. The van der Waals surface area contributed by atoms with Gasteiger partial charge in [-0.15, -0.1) is 0 Å². The first kappa shape index (κ1) is 27.0. The van der Waals surface area contributed by atoms with E-state index in [2.05, 4.69) is 6.92 Å². The Kier molecular flexibility index (Phi) is 12.7. The molecule has 0 aliphatic heterocycles. The first-order valence-electron chi connectivity index (χ1n) is 12.8. The van der Waals surface area contributed by atoms with Gasteiger partial charge in [-0.05, 0) is 25.2 Å². The van der Waals surface area contributed by atoms with Gasteiger partial charge in [0.1, 0.15) is 0 Å². The van der Waals surface area contributed by atoms with Gasteiger partial charge in [-0.2, -0.15) is 0 Å². The number of aliphatic carboxylic acids is 2. The highest BCUT2D eigenvalue weighted by atomic mass is 16.4. The summed E-state index contributed by atoms with van der Waals surface area (Å²) in [4.78, 5) is 24.7. The zero-order chi connectivity index (χ0) is 22.5. The molecule has 2 unspecified atom stereocenters. The van der Waals surface area contributed by atoms with Crippen LogP contribution in [-0.4, -0.2) is 22.2 Å². The monoisotopic (exact) mass is 424 g/mol. The van der Waals surface area contributed by atoms with Crippen molar-refractivity contribution in [3.8, 4) is 0 Å². The van der Waals surface area contributed by atoms with Gasteiger partial charge in [0, 0.05) is 0 Å². The molecule has 176 valence electrons. The number of hydrogen-bond donors (Lipinski definition) is 2. The van der Waals surface area contributed by atoms with Crippen LogP contribution in [0.25, 0.3) is 0 Å². The summed E-state index contributed by atoms with van der Waals surface area (Å²) < 4.78 is 0. The summed E-state index contributed by atoms with van der Waals surface area (Å²) in [7, 11) is 0. The van der Waals surface area contributed by atoms with Gasteiger partial charge in [0.25, 0.3) is 0 Å². The molecular weight excluding hydrogens is 376 g/mol.